The molecule has 0 aliphatic heterocycles. The van der Waals surface area contributed by atoms with Gasteiger partial charge in [-0.15, -0.1) is 0 Å². The van der Waals surface area contributed by atoms with Crippen molar-refractivity contribution in [2.24, 2.45) is 5.92 Å². The van der Waals surface area contributed by atoms with Gasteiger partial charge in [0.1, 0.15) is 0 Å². The summed E-state index contributed by atoms with van der Waals surface area (Å²) < 4.78 is 0. The lowest BCUT2D eigenvalue weighted by molar-refractivity contribution is 0.331. The van der Waals surface area contributed by atoms with E-state index in [9.17, 15) is 0 Å². The molecule has 1 fully saturated rings. The largest absolute Gasteiger partial charge is 0.0654 e. The van der Waals surface area contributed by atoms with Gasteiger partial charge in [0.05, 0.1) is 0 Å². The molecule has 118 valence electrons. The lowest BCUT2D eigenvalue weighted by Crippen LogP contribution is -2.05. The molecule has 3 rings (SSSR count). The highest BCUT2D eigenvalue weighted by Crippen LogP contribution is 2.27. The predicted octanol–water partition coefficient (Wildman–Crippen LogP) is 7.11. The molecule has 0 atom stereocenters. The zero-order valence-corrected chi connectivity index (χ0v) is 14.0. The van der Waals surface area contributed by atoms with Gasteiger partial charge in [-0.3, -0.25) is 0 Å². The third-order valence-electron chi connectivity index (χ3n) is 4.57. The van der Waals surface area contributed by atoms with Crippen molar-refractivity contribution >= 4 is 0 Å². The molecule has 0 saturated heterocycles. The van der Waals surface area contributed by atoms with Gasteiger partial charge in [-0.25, -0.2) is 0 Å². The lowest BCUT2D eigenvalue weighted by atomic mass is 9.86. The number of rotatable bonds is 4. The zero-order chi connectivity index (χ0) is 15.5. The summed E-state index contributed by atoms with van der Waals surface area (Å²) in [6, 6.07) is 20.8. The van der Waals surface area contributed by atoms with Crippen LogP contribution in [0.2, 0.25) is 0 Å². The summed E-state index contributed by atoms with van der Waals surface area (Å²) in [7, 11) is 0. The van der Waals surface area contributed by atoms with E-state index in [-0.39, 0.29) is 0 Å². The Balaban J connectivity index is 0.000000164. The normalized spacial score (nSPS) is 15.0. The quantitative estimate of drug-likeness (QED) is 0.563. The molecular formula is C22H30. The van der Waals surface area contributed by atoms with E-state index in [2.05, 4.69) is 55.5 Å². The van der Waals surface area contributed by atoms with Crippen LogP contribution in [0.1, 0.15) is 58.3 Å². The fourth-order valence-corrected chi connectivity index (χ4v) is 3.23. The van der Waals surface area contributed by atoms with E-state index < -0.39 is 0 Å². The van der Waals surface area contributed by atoms with E-state index in [4.69, 9.17) is 0 Å². The Hall–Kier alpha value is -1.56. The summed E-state index contributed by atoms with van der Waals surface area (Å²) >= 11 is 0. The van der Waals surface area contributed by atoms with Crippen molar-refractivity contribution in [3.63, 3.8) is 0 Å². The van der Waals surface area contributed by atoms with Crippen LogP contribution in [0.4, 0.5) is 0 Å². The maximum Gasteiger partial charge on any atom is -0.0184 e. The summed E-state index contributed by atoms with van der Waals surface area (Å²) in [5.74, 6) is 1.11. The van der Waals surface area contributed by atoms with Crippen molar-refractivity contribution < 1.29 is 0 Å². The fraction of sp³-hybridized carbons (Fsp3) is 0.455. The third kappa shape index (κ3) is 6.05. The van der Waals surface area contributed by atoms with E-state index >= 15 is 0 Å². The smallest absolute Gasteiger partial charge is 0.0184 e. The minimum Gasteiger partial charge on any atom is -0.0654 e. The summed E-state index contributed by atoms with van der Waals surface area (Å²) in [6.07, 6.45) is 11.9. The van der Waals surface area contributed by atoms with Gasteiger partial charge in [0.2, 0.25) is 0 Å². The van der Waals surface area contributed by atoms with Gasteiger partial charge in [0.25, 0.3) is 0 Å². The maximum atomic E-state index is 2.29. The van der Waals surface area contributed by atoms with Crippen LogP contribution in [0.3, 0.4) is 0 Å². The van der Waals surface area contributed by atoms with Crippen molar-refractivity contribution in [2.75, 3.05) is 0 Å². The highest BCUT2D eigenvalue weighted by molar-refractivity contribution is 5.62. The third-order valence-corrected chi connectivity index (χ3v) is 4.57. The standard InChI is InChI=1S/C12H10.C10H20/c1-3-7-11(8-4-1)12-9-5-2-6-10-12;1-2-3-7-10-8-5-4-6-9-10/h1-10H;10H,2-9H2,1H3. The van der Waals surface area contributed by atoms with E-state index in [1.165, 1.54) is 62.5 Å². The molecule has 0 nitrogen and oxygen atoms in total. The van der Waals surface area contributed by atoms with Crippen molar-refractivity contribution in [1.82, 2.24) is 0 Å². The van der Waals surface area contributed by atoms with Crippen molar-refractivity contribution in [2.45, 2.75) is 58.3 Å². The van der Waals surface area contributed by atoms with Gasteiger partial charge in [0, 0.05) is 0 Å². The molecular weight excluding hydrogens is 264 g/mol. The molecule has 0 amide bonds. The first-order valence-corrected chi connectivity index (χ1v) is 9.00. The monoisotopic (exact) mass is 294 g/mol. The Labute approximate surface area is 136 Å². The Bertz CT molecular complexity index is 442. The molecule has 2 aromatic carbocycles. The molecule has 0 N–H and O–H groups in total. The number of hydrogen-bond donors (Lipinski definition) is 0. The first-order valence-electron chi connectivity index (χ1n) is 9.00. The minimum atomic E-state index is 1.11. The van der Waals surface area contributed by atoms with Crippen LogP contribution in [0.5, 0.6) is 0 Å². The van der Waals surface area contributed by atoms with E-state index in [0.29, 0.717) is 0 Å². The van der Waals surface area contributed by atoms with Crippen molar-refractivity contribution in [3.8, 4) is 11.1 Å². The van der Waals surface area contributed by atoms with Crippen LogP contribution in [0, 0.1) is 5.92 Å². The van der Waals surface area contributed by atoms with Crippen LogP contribution < -0.4 is 0 Å². The average Bonchev–Trinajstić information content (AvgIpc) is 2.63. The molecule has 0 unspecified atom stereocenters. The second-order valence-corrected chi connectivity index (χ2v) is 6.38. The number of hydrogen-bond acceptors (Lipinski definition) is 0. The highest BCUT2D eigenvalue weighted by Gasteiger charge is 2.11. The van der Waals surface area contributed by atoms with E-state index in [1.807, 2.05) is 12.1 Å². The van der Waals surface area contributed by atoms with Crippen molar-refractivity contribution in [3.05, 3.63) is 60.7 Å². The molecule has 0 aromatic heterocycles. The van der Waals surface area contributed by atoms with Gasteiger partial charge in [0.15, 0.2) is 0 Å². The Morgan fingerprint density at radius 1 is 0.727 bits per heavy atom. The molecule has 1 aliphatic rings. The molecule has 2 aromatic rings. The van der Waals surface area contributed by atoms with E-state index in [1.54, 1.807) is 0 Å². The SMILES string of the molecule is CCCCC1CCCCC1.c1ccc(-c2ccccc2)cc1. The first-order chi connectivity index (χ1) is 10.9. The van der Waals surface area contributed by atoms with E-state index in [0.717, 1.165) is 5.92 Å². The van der Waals surface area contributed by atoms with Gasteiger partial charge in [-0.05, 0) is 17.0 Å². The topological polar surface area (TPSA) is 0 Å². The Kier molecular flexibility index (Phi) is 7.80. The summed E-state index contributed by atoms with van der Waals surface area (Å²) in [5, 5.41) is 0. The fourth-order valence-electron chi connectivity index (χ4n) is 3.23. The minimum absolute atomic E-state index is 1.11. The van der Waals surface area contributed by atoms with Gasteiger partial charge in [-0.1, -0.05) is 119 Å². The summed E-state index contributed by atoms with van der Waals surface area (Å²) in [4.78, 5) is 0. The van der Waals surface area contributed by atoms with Crippen LogP contribution in [-0.2, 0) is 0 Å². The molecule has 0 radical (unpaired) electrons. The highest BCUT2D eigenvalue weighted by atomic mass is 14.2. The molecule has 1 aliphatic carbocycles. The molecule has 0 heteroatoms. The van der Waals surface area contributed by atoms with Crippen LogP contribution in [0.25, 0.3) is 11.1 Å². The number of benzene rings is 2. The zero-order valence-electron chi connectivity index (χ0n) is 14.0. The average molecular weight is 294 g/mol. The first kappa shape index (κ1) is 16.8. The van der Waals surface area contributed by atoms with Gasteiger partial charge < -0.3 is 0 Å². The molecule has 1 saturated carbocycles. The Morgan fingerprint density at radius 2 is 1.23 bits per heavy atom. The second-order valence-electron chi connectivity index (χ2n) is 6.38. The van der Waals surface area contributed by atoms with Gasteiger partial charge >= 0.3 is 0 Å². The summed E-state index contributed by atoms with van der Waals surface area (Å²) in [5.41, 5.74) is 2.55. The second kappa shape index (κ2) is 10.2. The molecule has 0 bridgehead atoms. The van der Waals surface area contributed by atoms with Crippen LogP contribution >= 0.6 is 0 Å². The lowest BCUT2D eigenvalue weighted by Gasteiger charge is -2.20. The molecule has 0 spiro atoms. The predicted molar refractivity (Wildman–Crippen MR) is 98.0 cm³/mol. The summed E-state index contributed by atoms with van der Waals surface area (Å²) in [6.45, 7) is 2.29. The van der Waals surface area contributed by atoms with Crippen LogP contribution in [-0.4, -0.2) is 0 Å². The Morgan fingerprint density at radius 3 is 1.68 bits per heavy atom. The maximum absolute atomic E-state index is 2.29. The van der Waals surface area contributed by atoms with Crippen LogP contribution in [0.15, 0.2) is 60.7 Å². The number of unbranched alkanes of at least 4 members (excludes halogenated alkanes) is 1. The van der Waals surface area contributed by atoms with Crippen molar-refractivity contribution in [1.29, 1.82) is 0 Å². The van der Waals surface area contributed by atoms with Gasteiger partial charge in [-0.2, -0.15) is 0 Å². The molecule has 0 heterocycles. The molecule has 22 heavy (non-hydrogen) atoms.